The molecule has 5 atom stereocenters. The minimum Gasteiger partial charge on any atom is -0.457 e. The zero-order valence-corrected chi connectivity index (χ0v) is 15.5. The topological polar surface area (TPSA) is 96.0 Å². The zero-order chi connectivity index (χ0) is 19.7. The molecule has 2 aliphatic carbocycles. The van der Waals surface area contributed by atoms with E-state index in [0.717, 1.165) is 12.8 Å². The molecule has 0 bridgehead atoms. The third-order valence-corrected chi connectivity index (χ3v) is 5.95. The summed E-state index contributed by atoms with van der Waals surface area (Å²) in [5.74, 6) is -0.612. The van der Waals surface area contributed by atoms with Crippen LogP contribution in [0.25, 0.3) is 0 Å². The lowest BCUT2D eigenvalue weighted by molar-refractivity contribution is -0.124. The predicted molar refractivity (Wildman–Crippen MR) is 95.4 cm³/mol. The molecule has 0 spiro atoms. The number of furan rings is 2. The van der Waals surface area contributed by atoms with Crippen molar-refractivity contribution in [2.75, 3.05) is 6.61 Å². The fourth-order valence-corrected chi connectivity index (χ4v) is 4.68. The number of fused-ring (bicyclic) bond motifs is 1. The summed E-state index contributed by atoms with van der Waals surface area (Å²) in [6, 6.07) is 6.19. The van der Waals surface area contributed by atoms with Crippen molar-refractivity contribution in [3.63, 3.8) is 0 Å². The lowest BCUT2D eigenvalue weighted by atomic mass is 9.87. The van der Waals surface area contributed by atoms with Gasteiger partial charge in [-0.1, -0.05) is 6.92 Å². The first-order chi connectivity index (χ1) is 13.5. The quantitative estimate of drug-likeness (QED) is 0.701. The first-order valence-electron chi connectivity index (χ1n) is 9.52. The second-order valence-corrected chi connectivity index (χ2v) is 7.57. The summed E-state index contributed by atoms with van der Waals surface area (Å²) >= 11 is 0. The number of carbonyl (C=O) groups is 3. The van der Waals surface area contributed by atoms with E-state index in [1.807, 2.05) is 0 Å². The zero-order valence-electron chi connectivity index (χ0n) is 15.5. The number of carbonyl (C=O) groups excluding carboxylic acids is 3. The molecule has 2 aromatic heterocycles. The first-order valence-corrected chi connectivity index (χ1v) is 9.52. The smallest absolute Gasteiger partial charge is 0.374 e. The Bertz CT molecular complexity index is 836. The molecule has 2 saturated carbocycles. The van der Waals surface area contributed by atoms with E-state index in [9.17, 15) is 14.4 Å². The van der Waals surface area contributed by atoms with Crippen molar-refractivity contribution < 1.29 is 32.7 Å². The van der Waals surface area contributed by atoms with Crippen molar-refractivity contribution in [1.82, 2.24) is 0 Å². The lowest BCUT2D eigenvalue weighted by Crippen LogP contribution is -2.36. The number of Topliss-reactive ketones (excluding diaryl/α,β-unsaturated/α-hetero) is 1. The van der Waals surface area contributed by atoms with Crippen molar-refractivity contribution in [2.24, 2.45) is 23.7 Å². The molecular weight excluding hydrogens is 364 g/mol. The van der Waals surface area contributed by atoms with Crippen LogP contribution in [0.15, 0.2) is 45.6 Å². The summed E-state index contributed by atoms with van der Waals surface area (Å²) in [6.07, 6.45) is 4.21. The molecule has 5 unspecified atom stereocenters. The molecule has 2 heterocycles. The fourth-order valence-electron chi connectivity index (χ4n) is 4.68. The van der Waals surface area contributed by atoms with Gasteiger partial charge in [0.15, 0.2) is 0 Å². The van der Waals surface area contributed by atoms with Crippen molar-refractivity contribution in [3.8, 4) is 0 Å². The van der Waals surface area contributed by atoms with E-state index >= 15 is 0 Å². The molecule has 2 aliphatic rings. The van der Waals surface area contributed by atoms with Crippen LogP contribution in [0.2, 0.25) is 0 Å². The van der Waals surface area contributed by atoms with E-state index < -0.39 is 18.0 Å². The van der Waals surface area contributed by atoms with Crippen LogP contribution in [0.4, 0.5) is 0 Å². The molecule has 4 rings (SSSR count). The van der Waals surface area contributed by atoms with Crippen LogP contribution in [0, 0.1) is 23.7 Å². The molecule has 0 aromatic carbocycles. The van der Waals surface area contributed by atoms with E-state index in [0.29, 0.717) is 18.3 Å². The number of ether oxygens (including phenoxy) is 2. The van der Waals surface area contributed by atoms with Gasteiger partial charge < -0.3 is 18.3 Å². The van der Waals surface area contributed by atoms with E-state index in [1.54, 1.807) is 12.1 Å². The minimum absolute atomic E-state index is 0.0719. The number of ketones is 1. The Labute approximate surface area is 162 Å². The maximum Gasteiger partial charge on any atom is 0.374 e. The molecule has 28 heavy (non-hydrogen) atoms. The monoisotopic (exact) mass is 386 g/mol. The van der Waals surface area contributed by atoms with Crippen molar-refractivity contribution in [3.05, 3.63) is 48.3 Å². The van der Waals surface area contributed by atoms with Crippen molar-refractivity contribution in [1.29, 1.82) is 0 Å². The number of hydrogen-bond acceptors (Lipinski definition) is 7. The van der Waals surface area contributed by atoms with Gasteiger partial charge in [-0.3, -0.25) is 4.79 Å². The van der Waals surface area contributed by atoms with Crippen LogP contribution in [-0.2, 0) is 14.3 Å². The predicted octanol–water partition coefficient (Wildman–Crippen LogP) is 3.51. The third kappa shape index (κ3) is 3.48. The van der Waals surface area contributed by atoms with E-state index in [-0.39, 0.29) is 35.7 Å². The van der Waals surface area contributed by atoms with E-state index in [1.165, 1.54) is 24.7 Å². The Morgan fingerprint density at radius 1 is 1.14 bits per heavy atom. The Morgan fingerprint density at radius 2 is 1.82 bits per heavy atom. The maximum absolute atomic E-state index is 12.5. The number of esters is 2. The van der Waals surface area contributed by atoms with Crippen LogP contribution >= 0.6 is 0 Å². The van der Waals surface area contributed by atoms with E-state index in [2.05, 4.69) is 6.92 Å². The second kappa shape index (κ2) is 7.66. The van der Waals surface area contributed by atoms with Gasteiger partial charge in [0.2, 0.25) is 11.5 Å². The second-order valence-electron chi connectivity index (χ2n) is 7.57. The Morgan fingerprint density at radius 3 is 2.46 bits per heavy atom. The third-order valence-electron chi connectivity index (χ3n) is 5.95. The molecule has 0 N–H and O–H groups in total. The highest BCUT2D eigenvalue weighted by molar-refractivity contribution is 5.87. The highest BCUT2D eigenvalue weighted by Crippen LogP contribution is 2.50. The molecule has 0 radical (unpaired) electrons. The van der Waals surface area contributed by atoms with Gasteiger partial charge in [-0.05, 0) is 48.9 Å². The van der Waals surface area contributed by atoms with Gasteiger partial charge in [-0.2, -0.15) is 0 Å². The Balaban J connectivity index is 1.51. The summed E-state index contributed by atoms with van der Waals surface area (Å²) in [5.41, 5.74) is 0. The molecule has 148 valence electrons. The molecule has 0 saturated heterocycles. The summed E-state index contributed by atoms with van der Waals surface area (Å²) < 4.78 is 21.2. The largest absolute Gasteiger partial charge is 0.457 e. The molecule has 0 amide bonds. The maximum atomic E-state index is 12.5. The van der Waals surface area contributed by atoms with Gasteiger partial charge in [0, 0.05) is 18.3 Å². The van der Waals surface area contributed by atoms with Gasteiger partial charge in [-0.15, -0.1) is 0 Å². The molecule has 2 fully saturated rings. The van der Waals surface area contributed by atoms with Gasteiger partial charge in [0.1, 0.15) is 18.5 Å². The van der Waals surface area contributed by atoms with Crippen LogP contribution in [-0.4, -0.2) is 30.4 Å². The van der Waals surface area contributed by atoms with Crippen LogP contribution < -0.4 is 0 Å². The average Bonchev–Trinajstić information content (AvgIpc) is 3.45. The summed E-state index contributed by atoms with van der Waals surface area (Å²) in [6.45, 7) is 1.98. The number of rotatable bonds is 6. The molecular formula is C21H22O7. The fraction of sp³-hybridized carbons (Fsp3) is 0.476. The van der Waals surface area contributed by atoms with Crippen molar-refractivity contribution in [2.45, 2.75) is 32.3 Å². The van der Waals surface area contributed by atoms with E-state index in [4.69, 9.17) is 18.3 Å². The van der Waals surface area contributed by atoms with Crippen LogP contribution in [0.1, 0.15) is 47.3 Å². The first kappa shape index (κ1) is 18.5. The normalized spacial score (nSPS) is 27.4. The molecule has 2 aromatic rings. The molecule has 0 aliphatic heterocycles. The van der Waals surface area contributed by atoms with Gasteiger partial charge in [0.05, 0.1) is 12.5 Å². The SMILES string of the molecule is CC1CC(C(COC(=O)c2ccco2)OC(=O)c2ccco2)C2C(=O)CCC12. The minimum atomic E-state index is -0.726. The van der Waals surface area contributed by atoms with Gasteiger partial charge >= 0.3 is 11.9 Å². The standard InChI is InChI=1S/C21H22O7/c1-12-10-14(19-13(12)6-7-15(19)22)18(28-21(24)17-5-3-9-26-17)11-27-20(23)16-4-2-8-25-16/h2-5,8-9,12-14,18-19H,6-7,10-11H2,1H3. The van der Waals surface area contributed by atoms with Crippen molar-refractivity contribution >= 4 is 17.7 Å². The lowest BCUT2D eigenvalue weighted by Gasteiger charge is -2.26. The summed E-state index contributed by atoms with van der Waals surface area (Å²) in [4.78, 5) is 37.1. The summed E-state index contributed by atoms with van der Waals surface area (Å²) in [5, 5.41) is 0. The molecule has 7 nitrogen and oxygen atoms in total. The highest BCUT2D eigenvalue weighted by atomic mass is 16.6. The summed E-state index contributed by atoms with van der Waals surface area (Å²) in [7, 11) is 0. The Kier molecular flexibility index (Phi) is 5.07. The van der Waals surface area contributed by atoms with Gasteiger partial charge in [-0.25, -0.2) is 9.59 Å². The van der Waals surface area contributed by atoms with Crippen LogP contribution in [0.5, 0.6) is 0 Å². The van der Waals surface area contributed by atoms with Crippen LogP contribution in [0.3, 0.4) is 0 Å². The van der Waals surface area contributed by atoms with Gasteiger partial charge in [0.25, 0.3) is 0 Å². The Hall–Kier alpha value is -2.83. The molecule has 7 heteroatoms. The number of hydrogen-bond donors (Lipinski definition) is 0. The highest BCUT2D eigenvalue weighted by Gasteiger charge is 2.52. The average molecular weight is 386 g/mol.